The van der Waals surface area contributed by atoms with Crippen molar-refractivity contribution in [3.8, 4) is 0 Å². The second kappa shape index (κ2) is 5.74. The molecule has 0 bridgehead atoms. The van der Waals surface area contributed by atoms with Crippen LogP contribution in [0.1, 0.15) is 52.3 Å². The molecule has 1 heterocycles. The lowest BCUT2D eigenvalue weighted by molar-refractivity contribution is 0.252. The molecule has 120 valence electrons. The van der Waals surface area contributed by atoms with Crippen molar-refractivity contribution in [1.82, 2.24) is 9.29 Å². The zero-order chi connectivity index (χ0) is 15.8. The topological polar surface area (TPSA) is 77.1 Å². The SMILES string of the molecule is CC(C)C(C)(C)CNS(=O)(=O)c1cc(CN)n(C2CC2)c1. The minimum Gasteiger partial charge on any atom is -0.346 e. The van der Waals surface area contributed by atoms with Crippen molar-refractivity contribution in [3.05, 3.63) is 18.0 Å². The monoisotopic (exact) mass is 313 g/mol. The van der Waals surface area contributed by atoms with Crippen LogP contribution in [0.15, 0.2) is 17.2 Å². The fourth-order valence-corrected chi connectivity index (χ4v) is 3.34. The molecule has 1 aromatic heterocycles. The molecule has 21 heavy (non-hydrogen) atoms. The van der Waals surface area contributed by atoms with Gasteiger partial charge in [0.1, 0.15) is 0 Å². The Bertz CT molecular complexity index is 598. The van der Waals surface area contributed by atoms with E-state index >= 15 is 0 Å². The van der Waals surface area contributed by atoms with Gasteiger partial charge < -0.3 is 10.3 Å². The summed E-state index contributed by atoms with van der Waals surface area (Å²) in [5.74, 6) is 0.399. The minimum absolute atomic E-state index is 0.0805. The summed E-state index contributed by atoms with van der Waals surface area (Å²) in [5.41, 5.74) is 6.53. The Hall–Kier alpha value is -0.850. The van der Waals surface area contributed by atoms with Crippen LogP contribution >= 0.6 is 0 Å². The van der Waals surface area contributed by atoms with E-state index in [9.17, 15) is 8.42 Å². The van der Waals surface area contributed by atoms with Crippen LogP contribution in [0.5, 0.6) is 0 Å². The van der Waals surface area contributed by atoms with Gasteiger partial charge in [-0.1, -0.05) is 27.7 Å². The summed E-state index contributed by atoms with van der Waals surface area (Å²) >= 11 is 0. The Morgan fingerprint density at radius 2 is 2.05 bits per heavy atom. The molecule has 0 unspecified atom stereocenters. The lowest BCUT2D eigenvalue weighted by atomic mass is 9.81. The third-order valence-electron chi connectivity index (χ3n) is 4.65. The molecular weight excluding hydrogens is 286 g/mol. The molecule has 6 heteroatoms. The zero-order valence-electron chi connectivity index (χ0n) is 13.4. The quantitative estimate of drug-likeness (QED) is 0.810. The number of nitrogens with two attached hydrogens (primary N) is 1. The Kier molecular flexibility index (Phi) is 4.52. The van der Waals surface area contributed by atoms with Gasteiger partial charge in [0.2, 0.25) is 10.0 Å². The molecule has 0 radical (unpaired) electrons. The maximum Gasteiger partial charge on any atom is 0.242 e. The number of sulfonamides is 1. The third kappa shape index (κ3) is 3.67. The highest BCUT2D eigenvalue weighted by molar-refractivity contribution is 7.89. The van der Waals surface area contributed by atoms with Gasteiger partial charge >= 0.3 is 0 Å². The Morgan fingerprint density at radius 3 is 2.52 bits per heavy atom. The second-order valence-corrected chi connectivity index (χ2v) is 8.74. The fraction of sp³-hybridized carbons (Fsp3) is 0.733. The lowest BCUT2D eigenvalue weighted by Crippen LogP contribution is -2.36. The average molecular weight is 313 g/mol. The summed E-state index contributed by atoms with van der Waals surface area (Å²) in [7, 11) is -3.47. The van der Waals surface area contributed by atoms with E-state index in [4.69, 9.17) is 5.73 Å². The molecular formula is C15H27N3O2S. The van der Waals surface area contributed by atoms with Crippen molar-refractivity contribution in [2.45, 2.75) is 58.0 Å². The Morgan fingerprint density at radius 1 is 1.43 bits per heavy atom. The van der Waals surface area contributed by atoms with Crippen molar-refractivity contribution in [3.63, 3.8) is 0 Å². The fourth-order valence-electron chi connectivity index (χ4n) is 2.07. The van der Waals surface area contributed by atoms with Gasteiger partial charge in [0.05, 0.1) is 4.90 Å². The molecule has 1 aromatic rings. The molecule has 0 spiro atoms. The lowest BCUT2D eigenvalue weighted by Gasteiger charge is -2.29. The van der Waals surface area contributed by atoms with E-state index < -0.39 is 10.0 Å². The number of nitrogens with zero attached hydrogens (tertiary/aromatic N) is 1. The van der Waals surface area contributed by atoms with Crippen LogP contribution in [-0.2, 0) is 16.6 Å². The van der Waals surface area contributed by atoms with E-state index in [2.05, 4.69) is 32.4 Å². The Labute approximate surface area is 128 Å². The van der Waals surface area contributed by atoms with E-state index in [0.717, 1.165) is 18.5 Å². The van der Waals surface area contributed by atoms with Gasteiger partial charge in [-0.2, -0.15) is 0 Å². The largest absolute Gasteiger partial charge is 0.346 e. The molecule has 0 saturated heterocycles. The second-order valence-electron chi connectivity index (χ2n) is 6.98. The maximum absolute atomic E-state index is 12.5. The molecule has 0 atom stereocenters. The molecule has 1 saturated carbocycles. The van der Waals surface area contributed by atoms with Gasteiger partial charge in [0, 0.05) is 31.0 Å². The predicted octanol–water partition coefficient (Wildman–Crippen LogP) is 2.24. The van der Waals surface area contributed by atoms with Crippen LogP contribution in [0, 0.1) is 11.3 Å². The van der Waals surface area contributed by atoms with Crippen LogP contribution in [-0.4, -0.2) is 19.5 Å². The van der Waals surface area contributed by atoms with Crippen molar-refractivity contribution in [1.29, 1.82) is 0 Å². The highest BCUT2D eigenvalue weighted by Crippen LogP contribution is 2.37. The van der Waals surface area contributed by atoms with E-state index in [0.29, 0.717) is 29.9 Å². The number of hydrogen-bond donors (Lipinski definition) is 2. The van der Waals surface area contributed by atoms with Crippen LogP contribution < -0.4 is 10.5 Å². The van der Waals surface area contributed by atoms with E-state index in [-0.39, 0.29) is 5.41 Å². The first-order valence-corrected chi connectivity index (χ1v) is 9.06. The van der Waals surface area contributed by atoms with Crippen LogP contribution in [0.4, 0.5) is 0 Å². The number of nitrogens with one attached hydrogen (secondary N) is 1. The average Bonchev–Trinajstić information content (AvgIpc) is 3.15. The first-order chi connectivity index (χ1) is 9.67. The van der Waals surface area contributed by atoms with Gasteiger partial charge in [0.25, 0.3) is 0 Å². The first-order valence-electron chi connectivity index (χ1n) is 7.58. The van der Waals surface area contributed by atoms with Crippen molar-refractivity contribution in [2.24, 2.45) is 17.1 Å². The number of aromatic nitrogens is 1. The van der Waals surface area contributed by atoms with Gasteiger partial charge in [-0.3, -0.25) is 0 Å². The third-order valence-corrected chi connectivity index (χ3v) is 6.02. The van der Waals surface area contributed by atoms with Gasteiger partial charge in [-0.25, -0.2) is 13.1 Å². The molecule has 5 nitrogen and oxygen atoms in total. The zero-order valence-corrected chi connectivity index (χ0v) is 14.2. The summed E-state index contributed by atoms with van der Waals surface area (Å²) in [6.45, 7) is 9.14. The van der Waals surface area contributed by atoms with E-state index in [1.807, 2.05) is 4.57 Å². The summed E-state index contributed by atoms with van der Waals surface area (Å²) in [6, 6.07) is 2.13. The predicted molar refractivity (Wildman–Crippen MR) is 84.4 cm³/mol. The molecule has 2 rings (SSSR count). The van der Waals surface area contributed by atoms with E-state index in [1.54, 1.807) is 12.3 Å². The summed E-state index contributed by atoms with van der Waals surface area (Å²) in [4.78, 5) is 0.328. The van der Waals surface area contributed by atoms with E-state index in [1.165, 1.54) is 0 Å². The number of rotatable bonds is 7. The molecule has 0 aromatic carbocycles. The van der Waals surface area contributed by atoms with Crippen LogP contribution in [0.2, 0.25) is 0 Å². The Balaban J connectivity index is 2.16. The normalized spacial score (nSPS) is 16.7. The van der Waals surface area contributed by atoms with Crippen molar-refractivity contribution >= 4 is 10.0 Å². The highest BCUT2D eigenvalue weighted by Gasteiger charge is 2.29. The molecule has 1 aliphatic carbocycles. The summed E-state index contributed by atoms with van der Waals surface area (Å²) < 4.78 is 29.7. The molecule has 0 aliphatic heterocycles. The number of hydrogen-bond acceptors (Lipinski definition) is 3. The van der Waals surface area contributed by atoms with Gasteiger partial charge in [-0.15, -0.1) is 0 Å². The van der Waals surface area contributed by atoms with Crippen molar-refractivity contribution < 1.29 is 8.42 Å². The maximum atomic E-state index is 12.5. The molecule has 3 N–H and O–H groups in total. The van der Waals surface area contributed by atoms with Gasteiger partial charge in [0.15, 0.2) is 0 Å². The van der Waals surface area contributed by atoms with Crippen LogP contribution in [0.25, 0.3) is 0 Å². The van der Waals surface area contributed by atoms with Crippen LogP contribution in [0.3, 0.4) is 0 Å². The summed E-state index contributed by atoms with van der Waals surface area (Å²) in [5, 5.41) is 0. The molecule has 1 fully saturated rings. The highest BCUT2D eigenvalue weighted by atomic mass is 32.2. The first kappa shape index (κ1) is 16.5. The molecule has 0 amide bonds. The van der Waals surface area contributed by atoms with Gasteiger partial charge in [-0.05, 0) is 30.2 Å². The smallest absolute Gasteiger partial charge is 0.242 e. The van der Waals surface area contributed by atoms with Crippen molar-refractivity contribution in [2.75, 3.05) is 6.54 Å². The summed E-state index contributed by atoms with van der Waals surface area (Å²) in [6.07, 6.45) is 3.94. The molecule has 1 aliphatic rings. The minimum atomic E-state index is -3.47. The standard InChI is InChI=1S/C15H27N3O2S/c1-11(2)15(3,4)10-17-21(19,20)14-7-13(8-16)18(9-14)12-5-6-12/h7,9,11-12,17H,5-6,8,10,16H2,1-4H3.